The lowest BCUT2D eigenvalue weighted by atomic mass is 9.93. The molecule has 0 bridgehead atoms. The van der Waals surface area contributed by atoms with Crippen LogP contribution in [0.4, 0.5) is 0 Å². The zero-order valence-electron chi connectivity index (χ0n) is 14.0. The quantitative estimate of drug-likeness (QED) is 0.858. The van der Waals surface area contributed by atoms with Gasteiger partial charge >= 0.3 is 5.97 Å². The SMILES string of the molecule is Cc1nn(C)c(C)c1OCC(=O)N1CCC[C@H](CCC(=O)O)C1. The van der Waals surface area contributed by atoms with Crippen LogP contribution in [-0.2, 0) is 16.6 Å². The second kappa shape index (κ2) is 7.48. The van der Waals surface area contributed by atoms with E-state index in [4.69, 9.17) is 9.84 Å². The van der Waals surface area contributed by atoms with Crippen molar-refractivity contribution >= 4 is 11.9 Å². The van der Waals surface area contributed by atoms with Crippen molar-refractivity contribution in [3.8, 4) is 5.75 Å². The highest BCUT2D eigenvalue weighted by Crippen LogP contribution is 2.23. The number of carbonyl (C=O) groups is 2. The van der Waals surface area contributed by atoms with Gasteiger partial charge in [-0.05, 0) is 39.0 Å². The van der Waals surface area contributed by atoms with E-state index < -0.39 is 5.97 Å². The Morgan fingerprint density at radius 3 is 2.74 bits per heavy atom. The highest BCUT2D eigenvalue weighted by atomic mass is 16.5. The molecule has 1 aromatic heterocycles. The number of nitrogens with zero attached hydrogens (tertiary/aromatic N) is 3. The van der Waals surface area contributed by atoms with Gasteiger partial charge in [-0.15, -0.1) is 0 Å². The van der Waals surface area contributed by atoms with Gasteiger partial charge in [0.05, 0.1) is 5.69 Å². The third kappa shape index (κ3) is 4.46. The summed E-state index contributed by atoms with van der Waals surface area (Å²) in [6, 6.07) is 0. The van der Waals surface area contributed by atoms with E-state index in [0.29, 0.717) is 18.7 Å². The molecule has 1 atom stereocenters. The van der Waals surface area contributed by atoms with Crippen LogP contribution in [0.15, 0.2) is 0 Å². The normalized spacial score (nSPS) is 18.0. The molecular weight excluding hydrogens is 298 g/mol. The van der Waals surface area contributed by atoms with E-state index in [9.17, 15) is 9.59 Å². The third-order valence-corrected chi connectivity index (χ3v) is 4.42. The van der Waals surface area contributed by atoms with Crippen LogP contribution in [0.1, 0.15) is 37.1 Å². The fourth-order valence-electron chi connectivity index (χ4n) is 3.04. The molecule has 0 aromatic carbocycles. The Labute approximate surface area is 136 Å². The van der Waals surface area contributed by atoms with Gasteiger partial charge in [-0.25, -0.2) is 0 Å². The van der Waals surface area contributed by atoms with Crippen LogP contribution in [0, 0.1) is 19.8 Å². The van der Waals surface area contributed by atoms with Crippen molar-refractivity contribution in [1.29, 1.82) is 0 Å². The minimum atomic E-state index is -0.778. The molecule has 1 N–H and O–H groups in total. The maximum atomic E-state index is 12.3. The lowest BCUT2D eigenvalue weighted by Gasteiger charge is -2.32. The number of aliphatic carboxylic acids is 1. The highest BCUT2D eigenvalue weighted by molar-refractivity contribution is 5.78. The number of carboxylic acid groups (broad SMARTS) is 1. The van der Waals surface area contributed by atoms with E-state index in [1.807, 2.05) is 20.9 Å². The molecule has 2 heterocycles. The Kier molecular flexibility index (Phi) is 5.63. The van der Waals surface area contributed by atoms with E-state index >= 15 is 0 Å². The summed E-state index contributed by atoms with van der Waals surface area (Å²) in [5.41, 5.74) is 1.67. The van der Waals surface area contributed by atoms with Gasteiger partial charge in [-0.2, -0.15) is 5.10 Å². The van der Waals surface area contributed by atoms with Gasteiger partial charge in [0.15, 0.2) is 12.4 Å². The predicted octanol–water partition coefficient (Wildman–Crippen LogP) is 1.52. The summed E-state index contributed by atoms with van der Waals surface area (Å²) in [5, 5.41) is 13.0. The summed E-state index contributed by atoms with van der Waals surface area (Å²) in [6.07, 6.45) is 2.69. The van der Waals surface area contributed by atoms with Crippen LogP contribution in [0.3, 0.4) is 0 Å². The number of ether oxygens (including phenoxy) is 1. The van der Waals surface area contributed by atoms with Crippen LogP contribution < -0.4 is 4.74 Å². The molecule has 0 unspecified atom stereocenters. The van der Waals surface area contributed by atoms with Crippen molar-refractivity contribution in [2.45, 2.75) is 39.5 Å². The van der Waals surface area contributed by atoms with Crippen LogP contribution in [0.25, 0.3) is 0 Å². The Balaban J connectivity index is 1.86. The standard InChI is InChI=1S/C16H25N3O4/c1-11-16(12(2)18(3)17-11)23-10-14(20)19-8-4-5-13(9-19)6-7-15(21)22/h13H,4-10H2,1-3H3,(H,21,22)/t13-/m1/s1. The van der Waals surface area contributed by atoms with E-state index in [1.54, 1.807) is 9.58 Å². The molecule has 23 heavy (non-hydrogen) atoms. The van der Waals surface area contributed by atoms with Crippen LogP contribution in [-0.4, -0.2) is 51.4 Å². The maximum Gasteiger partial charge on any atom is 0.303 e. The van der Waals surface area contributed by atoms with Crippen molar-refractivity contribution in [2.75, 3.05) is 19.7 Å². The summed E-state index contributed by atoms with van der Waals surface area (Å²) in [4.78, 5) is 24.8. The van der Waals surface area contributed by atoms with Crippen molar-refractivity contribution in [1.82, 2.24) is 14.7 Å². The van der Waals surface area contributed by atoms with Gasteiger partial charge in [0.2, 0.25) is 0 Å². The molecule has 1 amide bonds. The summed E-state index contributed by atoms with van der Waals surface area (Å²) in [7, 11) is 1.84. The maximum absolute atomic E-state index is 12.3. The van der Waals surface area contributed by atoms with Crippen LogP contribution in [0.5, 0.6) is 5.75 Å². The molecule has 1 aliphatic rings. The van der Waals surface area contributed by atoms with Crippen molar-refractivity contribution in [3.63, 3.8) is 0 Å². The number of piperidine rings is 1. The monoisotopic (exact) mass is 323 g/mol. The second-order valence-corrected chi connectivity index (χ2v) is 6.19. The third-order valence-electron chi connectivity index (χ3n) is 4.42. The fraction of sp³-hybridized carbons (Fsp3) is 0.688. The molecule has 0 spiro atoms. The molecule has 7 heteroatoms. The molecule has 0 aliphatic carbocycles. The summed E-state index contributed by atoms with van der Waals surface area (Å²) >= 11 is 0. The first kappa shape index (κ1) is 17.3. The molecular formula is C16H25N3O4. The highest BCUT2D eigenvalue weighted by Gasteiger charge is 2.24. The molecule has 1 saturated heterocycles. The number of hydrogen-bond acceptors (Lipinski definition) is 4. The zero-order valence-corrected chi connectivity index (χ0v) is 14.0. The first-order valence-corrected chi connectivity index (χ1v) is 8.01. The predicted molar refractivity (Wildman–Crippen MR) is 84.4 cm³/mol. The van der Waals surface area contributed by atoms with Gasteiger partial charge in [-0.3, -0.25) is 14.3 Å². The average molecular weight is 323 g/mol. The lowest BCUT2D eigenvalue weighted by molar-refractivity contribution is -0.137. The molecule has 1 aliphatic heterocycles. The van der Waals surface area contributed by atoms with Crippen LogP contribution in [0.2, 0.25) is 0 Å². The van der Waals surface area contributed by atoms with Gasteiger partial charge in [0.1, 0.15) is 5.69 Å². The number of rotatable bonds is 6. The molecule has 0 saturated carbocycles. The summed E-state index contributed by atoms with van der Waals surface area (Å²) < 4.78 is 7.40. The van der Waals surface area contributed by atoms with Crippen molar-refractivity contribution < 1.29 is 19.4 Å². The fourth-order valence-corrected chi connectivity index (χ4v) is 3.04. The van der Waals surface area contributed by atoms with E-state index in [1.165, 1.54) is 0 Å². The molecule has 7 nitrogen and oxygen atoms in total. The minimum absolute atomic E-state index is 0.000968. The molecule has 1 aromatic rings. The summed E-state index contributed by atoms with van der Waals surface area (Å²) in [6.45, 7) is 5.11. The molecule has 2 rings (SSSR count). The topological polar surface area (TPSA) is 84.7 Å². The largest absolute Gasteiger partial charge is 0.481 e. The Hall–Kier alpha value is -2.05. The van der Waals surface area contributed by atoms with E-state index in [0.717, 1.165) is 30.8 Å². The lowest BCUT2D eigenvalue weighted by Crippen LogP contribution is -2.42. The Morgan fingerprint density at radius 2 is 2.13 bits per heavy atom. The van der Waals surface area contributed by atoms with Gasteiger partial charge in [-0.1, -0.05) is 0 Å². The Bertz CT molecular complexity index is 582. The number of hydrogen-bond donors (Lipinski definition) is 1. The minimum Gasteiger partial charge on any atom is -0.481 e. The van der Waals surface area contributed by atoms with Crippen molar-refractivity contribution in [2.24, 2.45) is 13.0 Å². The number of amides is 1. The van der Waals surface area contributed by atoms with Crippen molar-refractivity contribution in [3.05, 3.63) is 11.4 Å². The second-order valence-electron chi connectivity index (χ2n) is 6.19. The van der Waals surface area contributed by atoms with Gasteiger partial charge < -0.3 is 14.7 Å². The molecule has 128 valence electrons. The molecule has 0 radical (unpaired) electrons. The zero-order chi connectivity index (χ0) is 17.0. The van der Waals surface area contributed by atoms with Crippen LogP contribution >= 0.6 is 0 Å². The Morgan fingerprint density at radius 1 is 1.39 bits per heavy atom. The smallest absolute Gasteiger partial charge is 0.303 e. The number of likely N-dealkylation sites (tertiary alicyclic amines) is 1. The molecule has 1 fully saturated rings. The number of carbonyl (C=O) groups excluding carboxylic acids is 1. The van der Waals surface area contributed by atoms with E-state index in [2.05, 4.69) is 5.10 Å². The number of aryl methyl sites for hydroxylation is 2. The van der Waals surface area contributed by atoms with Gasteiger partial charge in [0, 0.05) is 26.6 Å². The number of aromatic nitrogens is 2. The van der Waals surface area contributed by atoms with E-state index in [-0.39, 0.29) is 24.9 Å². The average Bonchev–Trinajstić information content (AvgIpc) is 2.76. The summed E-state index contributed by atoms with van der Waals surface area (Å²) in [5.74, 6) is 0.109. The first-order valence-electron chi connectivity index (χ1n) is 8.01. The first-order chi connectivity index (χ1) is 10.9. The number of carboxylic acids is 1. The van der Waals surface area contributed by atoms with Gasteiger partial charge in [0.25, 0.3) is 5.91 Å².